The van der Waals surface area contributed by atoms with Gasteiger partial charge in [-0.3, -0.25) is 0 Å². The van der Waals surface area contributed by atoms with Crippen LogP contribution in [0, 0.1) is 6.92 Å². The third-order valence-corrected chi connectivity index (χ3v) is 2.42. The Labute approximate surface area is 106 Å². The Morgan fingerprint density at radius 1 is 1.11 bits per heavy atom. The molecule has 0 fully saturated rings. The summed E-state index contributed by atoms with van der Waals surface area (Å²) >= 11 is 0. The van der Waals surface area contributed by atoms with Crippen LogP contribution in [0.2, 0.25) is 0 Å². The van der Waals surface area contributed by atoms with Gasteiger partial charge in [0.1, 0.15) is 17.3 Å². The van der Waals surface area contributed by atoms with Crippen LogP contribution < -0.4 is 4.74 Å². The van der Waals surface area contributed by atoms with Crippen LogP contribution >= 0.6 is 0 Å². The van der Waals surface area contributed by atoms with E-state index in [0.29, 0.717) is 11.6 Å². The zero-order valence-corrected chi connectivity index (χ0v) is 10.7. The number of aromatic nitrogens is 2. The lowest BCUT2D eigenvalue weighted by molar-refractivity contribution is 0.449. The molecule has 0 bridgehead atoms. The van der Waals surface area contributed by atoms with E-state index in [2.05, 4.69) is 9.97 Å². The third-order valence-electron chi connectivity index (χ3n) is 2.42. The van der Waals surface area contributed by atoms with Gasteiger partial charge in [-0.1, -0.05) is 13.8 Å². The zero-order valence-electron chi connectivity index (χ0n) is 10.7. The minimum Gasteiger partial charge on any atom is -0.508 e. The van der Waals surface area contributed by atoms with Gasteiger partial charge in [-0.2, -0.15) is 4.98 Å². The number of phenolic OH excluding ortho intramolecular Hbond substituents is 1. The van der Waals surface area contributed by atoms with Crippen molar-refractivity contribution in [2.45, 2.75) is 26.7 Å². The highest BCUT2D eigenvalue weighted by atomic mass is 16.5. The Morgan fingerprint density at radius 2 is 1.78 bits per heavy atom. The fourth-order valence-electron chi connectivity index (χ4n) is 1.51. The lowest BCUT2D eigenvalue weighted by Crippen LogP contribution is -2.01. The second-order valence-corrected chi connectivity index (χ2v) is 4.46. The van der Waals surface area contributed by atoms with Crippen LogP contribution in [0.5, 0.6) is 17.4 Å². The zero-order chi connectivity index (χ0) is 13.1. The molecule has 0 radical (unpaired) electrons. The summed E-state index contributed by atoms with van der Waals surface area (Å²) in [5.74, 6) is 2.40. The largest absolute Gasteiger partial charge is 0.508 e. The Bertz CT molecular complexity index is 536. The van der Waals surface area contributed by atoms with E-state index in [1.807, 2.05) is 20.8 Å². The van der Waals surface area contributed by atoms with E-state index < -0.39 is 0 Å². The Hall–Kier alpha value is -2.10. The molecule has 2 aromatic rings. The summed E-state index contributed by atoms with van der Waals surface area (Å²) in [6.45, 7) is 6.00. The van der Waals surface area contributed by atoms with E-state index in [1.54, 1.807) is 30.3 Å². The molecule has 0 saturated carbocycles. The molecule has 0 spiro atoms. The van der Waals surface area contributed by atoms with Gasteiger partial charge in [0.05, 0.1) is 0 Å². The second kappa shape index (κ2) is 5.04. The van der Waals surface area contributed by atoms with Crippen LogP contribution in [0.4, 0.5) is 0 Å². The number of hydrogen-bond acceptors (Lipinski definition) is 4. The predicted octanol–water partition coefficient (Wildman–Crippen LogP) is 3.41. The number of aromatic hydroxyl groups is 1. The fourth-order valence-corrected chi connectivity index (χ4v) is 1.51. The highest BCUT2D eigenvalue weighted by molar-refractivity contribution is 5.33. The van der Waals surface area contributed by atoms with Crippen molar-refractivity contribution in [2.24, 2.45) is 0 Å². The van der Waals surface area contributed by atoms with Crippen molar-refractivity contribution in [3.63, 3.8) is 0 Å². The number of aryl methyl sites for hydroxylation is 1. The van der Waals surface area contributed by atoms with Crippen LogP contribution in [0.1, 0.15) is 31.3 Å². The number of ether oxygens (including phenoxy) is 1. The first-order chi connectivity index (χ1) is 8.54. The minimum absolute atomic E-state index is 0.212. The molecule has 0 aliphatic heterocycles. The first kappa shape index (κ1) is 12.4. The van der Waals surface area contributed by atoms with Crippen molar-refractivity contribution in [1.29, 1.82) is 0 Å². The molecule has 0 aliphatic rings. The van der Waals surface area contributed by atoms with Gasteiger partial charge in [0, 0.05) is 17.7 Å². The Balaban J connectivity index is 2.26. The lowest BCUT2D eigenvalue weighted by Gasteiger charge is -2.09. The van der Waals surface area contributed by atoms with Crippen molar-refractivity contribution in [3.05, 3.63) is 41.9 Å². The van der Waals surface area contributed by atoms with Gasteiger partial charge in [0.25, 0.3) is 0 Å². The topological polar surface area (TPSA) is 55.2 Å². The molecule has 2 rings (SSSR count). The smallest absolute Gasteiger partial charge is 0.222 e. The molecule has 1 aromatic heterocycles. The molecule has 1 heterocycles. The van der Waals surface area contributed by atoms with Crippen LogP contribution in [0.3, 0.4) is 0 Å². The highest BCUT2D eigenvalue weighted by Gasteiger charge is 2.07. The standard InChI is InChI=1S/C14H16N2O2/c1-9(2)14-15-10(3)8-13(16-14)18-12-6-4-11(17)5-7-12/h4-9,17H,1-3H3. The van der Waals surface area contributed by atoms with E-state index in [4.69, 9.17) is 4.74 Å². The molecule has 1 N–H and O–H groups in total. The average molecular weight is 244 g/mol. The first-order valence-corrected chi connectivity index (χ1v) is 5.87. The van der Waals surface area contributed by atoms with Crippen molar-refractivity contribution in [1.82, 2.24) is 9.97 Å². The number of nitrogens with zero attached hydrogens (tertiary/aromatic N) is 2. The van der Waals surface area contributed by atoms with Crippen LogP contribution in [-0.2, 0) is 0 Å². The molecule has 0 amide bonds. The summed E-state index contributed by atoms with van der Waals surface area (Å²) in [7, 11) is 0. The quantitative estimate of drug-likeness (QED) is 0.899. The molecular formula is C14H16N2O2. The molecule has 0 aliphatic carbocycles. The van der Waals surface area contributed by atoms with E-state index in [1.165, 1.54) is 0 Å². The average Bonchev–Trinajstić information content (AvgIpc) is 2.31. The van der Waals surface area contributed by atoms with Gasteiger partial charge >= 0.3 is 0 Å². The number of rotatable bonds is 3. The van der Waals surface area contributed by atoms with Crippen molar-refractivity contribution in [3.8, 4) is 17.4 Å². The van der Waals surface area contributed by atoms with Gasteiger partial charge < -0.3 is 9.84 Å². The SMILES string of the molecule is Cc1cc(Oc2ccc(O)cc2)nc(C(C)C)n1. The summed E-state index contributed by atoms with van der Waals surface area (Å²) in [5.41, 5.74) is 0.877. The molecule has 4 heteroatoms. The normalized spacial score (nSPS) is 10.7. The first-order valence-electron chi connectivity index (χ1n) is 5.87. The van der Waals surface area contributed by atoms with Crippen LogP contribution in [0.15, 0.2) is 30.3 Å². The summed E-state index contributed by atoms with van der Waals surface area (Å²) in [6.07, 6.45) is 0. The molecule has 1 aromatic carbocycles. The number of phenols is 1. The molecular weight excluding hydrogens is 228 g/mol. The highest BCUT2D eigenvalue weighted by Crippen LogP contribution is 2.23. The van der Waals surface area contributed by atoms with Gasteiger partial charge in [0.2, 0.25) is 5.88 Å². The van der Waals surface area contributed by atoms with Gasteiger partial charge in [-0.25, -0.2) is 4.98 Å². The minimum atomic E-state index is 0.212. The van der Waals surface area contributed by atoms with Gasteiger partial charge in [0.15, 0.2) is 0 Å². The summed E-state index contributed by atoms with van der Waals surface area (Å²) < 4.78 is 5.64. The summed E-state index contributed by atoms with van der Waals surface area (Å²) in [5, 5.41) is 9.20. The Kier molecular flexibility index (Phi) is 3.46. The van der Waals surface area contributed by atoms with Crippen LogP contribution in [-0.4, -0.2) is 15.1 Å². The van der Waals surface area contributed by atoms with Gasteiger partial charge in [-0.15, -0.1) is 0 Å². The van der Waals surface area contributed by atoms with Crippen molar-refractivity contribution in [2.75, 3.05) is 0 Å². The van der Waals surface area contributed by atoms with E-state index in [-0.39, 0.29) is 11.7 Å². The predicted molar refractivity (Wildman–Crippen MR) is 69.0 cm³/mol. The van der Waals surface area contributed by atoms with E-state index in [9.17, 15) is 5.11 Å². The number of benzene rings is 1. The molecule has 4 nitrogen and oxygen atoms in total. The Morgan fingerprint density at radius 3 is 2.39 bits per heavy atom. The van der Waals surface area contributed by atoms with Crippen LogP contribution in [0.25, 0.3) is 0 Å². The monoisotopic (exact) mass is 244 g/mol. The molecule has 94 valence electrons. The third kappa shape index (κ3) is 2.97. The summed E-state index contributed by atoms with van der Waals surface area (Å²) in [6, 6.07) is 8.34. The maximum atomic E-state index is 9.20. The van der Waals surface area contributed by atoms with E-state index in [0.717, 1.165) is 11.5 Å². The number of hydrogen-bond donors (Lipinski definition) is 1. The lowest BCUT2D eigenvalue weighted by atomic mass is 10.2. The molecule has 0 atom stereocenters. The van der Waals surface area contributed by atoms with Crippen molar-refractivity contribution < 1.29 is 9.84 Å². The molecule has 0 saturated heterocycles. The molecule has 18 heavy (non-hydrogen) atoms. The summed E-state index contributed by atoms with van der Waals surface area (Å²) in [4.78, 5) is 8.71. The fraction of sp³-hybridized carbons (Fsp3) is 0.286. The van der Waals surface area contributed by atoms with E-state index >= 15 is 0 Å². The van der Waals surface area contributed by atoms with Gasteiger partial charge in [-0.05, 0) is 31.2 Å². The maximum absolute atomic E-state index is 9.20. The molecule has 0 unspecified atom stereocenters. The van der Waals surface area contributed by atoms with Crippen molar-refractivity contribution >= 4 is 0 Å². The maximum Gasteiger partial charge on any atom is 0.222 e. The second-order valence-electron chi connectivity index (χ2n) is 4.46.